The number of carbonyl (C=O) groups is 3. The lowest BCUT2D eigenvalue weighted by atomic mass is 9.83. The van der Waals surface area contributed by atoms with Gasteiger partial charge in [0.25, 0.3) is 5.91 Å². The second kappa shape index (κ2) is 8.21. The first-order chi connectivity index (χ1) is 13.0. The molecule has 1 aliphatic carbocycles. The van der Waals surface area contributed by atoms with Gasteiger partial charge in [-0.15, -0.1) is 0 Å². The maximum absolute atomic E-state index is 12.3. The van der Waals surface area contributed by atoms with Gasteiger partial charge in [-0.25, -0.2) is 4.79 Å². The minimum Gasteiger partial charge on any atom is -0.452 e. The SMILES string of the molecule is N#CC1(NC(=O)COC(=O)c2cccc(N3CCCC3=O)c2)CCCCC1. The highest BCUT2D eigenvalue weighted by molar-refractivity contribution is 5.97. The monoisotopic (exact) mass is 369 g/mol. The Labute approximate surface area is 158 Å². The molecule has 0 atom stereocenters. The third-order valence-electron chi connectivity index (χ3n) is 5.10. The lowest BCUT2D eigenvalue weighted by Crippen LogP contribution is -2.50. The molecule has 0 bridgehead atoms. The summed E-state index contributed by atoms with van der Waals surface area (Å²) < 4.78 is 5.10. The number of ether oxygens (including phenoxy) is 1. The minimum atomic E-state index is -0.849. The van der Waals surface area contributed by atoms with Crippen molar-refractivity contribution in [3.8, 4) is 6.07 Å². The molecule has 7 heteroatoms. The topological polar surface area (TPSA) is 99.5 Å². The van der Waals surface area contributed by atoms with Gasteiger partial charge in [-0.3, -0.25) is 9.59 Å². The van der Waals surface area contributed by atoms with Gasteiger partial charge in [0.15, 0.2) is 6.61 Å². The van der Waals surface area contributed by atoms with Crippen molar-refractivity contribution in [2.45, 2.75) is 50.5 Å². The van der Waals surface area contributed by atoms with Crippen LogP contribution in [0.5, 0.6) is 0 Å². The third-order valence-corrected chi connectivity index (χ3v) is 5.10. The third kappa shape index (κ3) is 4.45. The molecule has 1 aliphatic heterocycles. The predicted molar refractivity (Wildman–Crippen MR) is 97.9 cm³/mol. The molecule has 2 amide bonds. The number of nitrogens with one attached hydrogen (secondary N) is 1. The molecule has 27 heavy (non-hydrogen) atoms. The number of nitrogens with zero attached hydrogens (tertiary/aromatic N) is 2. The molecule has 1 N–H and O–H groups in total. The van der Waals surface area contributed by atoms with Crippen LogP contribution in [-0.4, -0.2) is 36.5 Å². The summed E-state index contributed by atoms with van der Waals surface area (Å²) in [7, 11) is 0. The van der Waals surface area contributed by atoms with Crippen LogP contribution < -0.4 is 10.2 Å². The number of hydrogen-bond donors (Lipinski definition) is 1. The quantitative estimate of drug-likeness (QED) is 0.803. The number of benzene rings is 1. The highest BCUT2D eigenvalue weighted by atomic mass is 16.5. The molecule has 0 spiro atoms. The van der Waals surface area contributed by atoms with Gasteiger partial charge < -0.3 is 15.0 Å². The Morgan fingerprint density at radius 1 is 1.22 bits per heavy atom. The van der Waals surface area contributed by atoms with Gasteiger partial charge in [0.1, 0.15) is 5.54 Å². The average molecular weight is 369 g/mol. The van der Waals surface area contributed by atoms with Crippen LogP contribution in [0, 0.1) is 11.3 Å². The molecular weight excluding hydrogens is 346 g/mol. The van der Waals surface area contributed by atoms with Crippen LogP contribution in [0.1, 0.15) is 55.3 Å². The Balaban J connectivity index is 1.57. The number of esters is 1. The molecule has 142 valence electrons. The smallest absolute Gasteiger partial charge is 0.338 e. The molecule has 7 nitrogen and oxygen atoms in total. The number of rotatable bonds is 5. The highest BCUT2D eigenvalue weighted by Crippen LogP contribution is 2.27. The van der Waals surface area contributed by atoms with Crippen molar-refractivity contribution < 1.29 is 19.1 Å². The van der Waals surface area contributed by atoms with Crippen molar-refractivity contribution in [3.63, 3.8) is 0 Å². The zero-order valence-electron chi connectivity index (χ0n) is 15.2. The van der Waals surface area contributed by atoms with Gasteiger partial charge in [-0.05, 0) is 37.5 Å². The first kappa shape index (κ1) is 18.9. The van der Waals surface area contributed by atoms with Crippen LogP contribution in [0.25, 0.3) is 0 Å². The summed E-state index contributed by atoms with van der Waals surface area (Å²) in [4.78, 5) is 37.9. The van der Waals surface area contributed by atoms with Gasteiger partial charge >= 0.3 is 5.97 Å². The van der Waals surface area contributed by atoms with Gasteiger partial charge in [-0.2, -0.15) is 5.26 Å². The van der Waals surface area contributed by atoms with Crippen molar-refractivity contribution in [2.75, 3.05) is 18.1 Å². The van der Waals surface area contributed by atoms with E-state index >= 15 is 0 Å². The molecule has 1 saturated heterocycles. The summed E-state index contributed by atoms with van der Waals surface area (Å²) in [5, 5.41) is 12.1. The highest BCUT2D eigenvalue weighted by Gasteiger charge is 2.33. The molecule has 2 aliphatic rings. The predicted octanol–water partition coefficient (Wildman–Crippen LogP) is 2.31. The molecule has 1 saturated carbocycles. The van der Waals surface area contributed by atoms with E-state index in [1.165, 1.54) is 0 Å². The first-order valence-electron chi connectivity index (χ1n) is 9.33. The van der Waals surface area contributed by atoms with E-state index in [0.29, 0.717) is 31.5 Å². The molecule has 3 rings (SSSR count). The van der Waals surface area contributed by atoms with Crippen molar-refractivity contribution in [1.29, 1.82) is 5.26 Å². The Morgan fingerprint density at radius 2 is 2.00 bits per heavy atom. The van der Waals surface area contributed by atoms with E-state index in [2.05, 4.69) is 11.4 Å². The standard InChI is InChI=1S/C20H23N3O4/c21-14-20(9-2-1-3-10-20)22-17(24)13-27-19(26)15-6-4-7-16(12-15)23-11-5-8-18(23)25/h4,6-7,12H,1-3,5,8-11,13H2,(H,22,24). The second-order valence-electron chi connectivity index (χ2n) is 7.08. The fraction of sp³-hybridized carbons (Fsp3) is 0.500. The van der Waals surface area contributed by atoms with E-state index in [9.17, 15) is 19.6 Å². The summed E-state index contributed by atoms with van der Waals surface area (Å²) in [6.45, 7) is 0.200. The summed E-state index contributed by atoms with van der Waals surface area (Å²) >= 11 is 0. The lowest BCUT2D eigenvalue weighted by Gasteiger charge is -2.31. The van der Waals surface area contributed by atoms with Crippen LogP contribution in [0.3, 0.4) is 0 Å². The van der Waals surface area contributed by atoms with Crippen molar-refractivity contribution in [1.82, 2.24) is 5.32 Å². The van der Waals surface area contributed by atoms with E-state index in [0.717, 1.165) is 25.7 Å². The van der Waals surface area contributed by atoms with E-state index in [1.54, 1.807) is 29.2 Å². The maximum atomic E-state index is 12.3. The lowest BCUT2D eigenvalue weighted by molar-refractivity contribution is -0.126. The first-order valence-corrected chi connectivity index (χ1v) is 9.33. The molecular formula is C20H23N3O4. The summed E-state index contributed by atoms with van der Waals surface area (Å²) in [5.74, 6) is -1.07. The summed E-state index contributed by atoms with van der Waals surface area (Å²) in [5.41, 5.74) is 0.0901. The van der Waals surface area contributed by atoms with E-state index < -0.39 is 24.0 Å². The fourth-order valence-electron chi connectivity index (χ4n) is 3.66. The molecule has 0 radical (unpaired) electrons. The van der Waals surface area contributed by atoms with E-state index in [1.807, 2.05) is 0 Å². The van der Waals surface area contributed by atoms with Gasteiger partial charge in [0.2, 0.25) is 5.91 Å². The van der Waals surface area contributed by atoms with E-state index in [-0.39, 0.29) is 11.5 Å². The molecule has 0 aromatic heterocycles. The molecule has 2 fully saturated rings. The zero-order valence-corrected chi connectivity index (χ0v) is 15.2. The normalized spacial score (nSPS) is 18.6. The Hall–Kier alpha value is -2.88. The van der Waals surface area contributed by atoms with Crippen LogP contribution in [-0.2, 0) is 14.3 Å². The molecule has 1 aromatic rings. The Bertz CT molecular complexity index is 778. The largest absolute Gasteiger partial charge is 0.452 e. The van der Waals surface area contributed by atoms with Gasteiger partial charge in [0, 0.05) is 18.7 Å². The second-order valence-corrected chi connectivity index (χ2v) is 7.08. The van der Waals surface area contributed by atoms with Crippen molar-refractivity contribution in [2.24, 2.45) is 0 Å². The Kier molecular flexibility index (Phi) is 5.75. The van der Waals surface area contributed by atoms with Crippen LogP contribution in [0.15, 0.2) is 24.3 Å². The van der Waals surface area contributed by atoms with Crippen molar-refractivity contribution >= 4 is 23.5 Å². The van der Waals surface area contributed by atoms with Gasteiger partial charge in [0.05, 0.1) is 11.6 Å². The molecule has 1 aromatic carbocycles. The number of hydrogen-bond acceptors (Lipinski definition) is 5. The van der Waals surface area contributed by atoms with Crippen LogP contribution in [0.2, 0.25) is 0 Å². The Morgan fingerprint density at radius 3 is 2.67 bits per heavy atom. The summed E-state index contributed by atoms with van der Waals surface area (Å²) in [6.07, 6.45) is 5.41. The number of anilines is 1. The fourth-order valence-corrected chi connectivity index (χ4v) is 3.66. The zero-order chi connectivity index (χ0) is 19.3. The summed E-state index contributed by atoms with van der Waals surface area (Å²) in [6, 6.07) is 8.84. The van der Waals surface area contributed by atoms with Crippen molar-refractivity contribution in [3.05, 3.63) is 29.8 Å². The maximum Gasteiger partial charge on any atom is 0.338 e. The van der Waals surface area contributed by atoms with E-state index in [4.69, 9.17) is 4.74 Å². The van der Waals surface area contributed by atoms with Crippen LogP contribution in [0.4, 0.5) is 5.69 Å². The average Bonchev–Trinajstić information content (AvgIpc) is 3.13. The van der Waals surface area contributed by atoms with Crippen LogP contribution >= 0.6 is 0 Å². The van der Waals surface area contributed by atoms with Gasteiger partial charge in [-0.1, -0.05) is 25.3 Å². The number of carbonyl (C=O) groups excluding carboxylic acids is 3. The molecule has 0 unspecified atom stereocenters. The molecule has 1 heterocycles. The number of nitriles is 1. The number of amides is 2. The minimum absolute atomic E-state index is 0.0363.